The van der Waals surface area contributed by atoms with Gasteiger partial charge in [-0.3, -0.25) is 13.8 Å². The molecule has 0 saturated carbocycles. The third-order valence-corrected chi connectivity index (χ3v) is 9.54. The van der Waals surface area contributed by atoms with Crippen LogP contribution in [0.5, 0.6) is 0 Å². The Morgan fingerprint density at radius 3 is 1.62 bits per heavy atom. The highest BCUT2D eigenvalue weighted by Gasteiger charge is 2.25. The van der Waals surface area contributed by atoms with E-state index in [-0.39, 0.29) is 39.4 Å². The van der Waals surface area contributed by atoms with Gasteiger partial charge in [0, 0.05) is 19.6 Å². The average molecular weight is 768 g/mol. The fourth-order valence-electron chi connectivity index (χ4n) is 5.46. The van der Waals surface area contributed by atoms with E-state index >= 15 is 0 Å². The lowest BCUT2D eigenvalue weighted by molar-refractivity contribution is -0.153. The Balaban J connectivity index is 4.20. The highest BCUT2D eigenvalue weighted by Crippen LogP contribution is 2.43. The summed E-state index contributed by atoms with van der Waals surface area (Å²) in [5.41, 5.74) is 5.35. The van der Waals surface area contributed by atoms with Crippen LogP contribution in [0.3, 0.4) is 0 Å². The van der Waals surface area contributed by atoms with Crippen molar-refractivity contribution in [2.45, 2.75) is 174 Å². The molecule has 308 valence electrons. The van der Waals surface area contributed by atoms with Crippen molar-refractivity contribution >= 4 is 13.8 Å². The predicted octanol–water partition coefficient (Wildman–Crippen LogP) is 11.5. The standard InChI is InChI=1S/C43H78NO8P/c1-2-3-4-5-6-7-8-9-10-16-19-22-25-28-31-34-38-49-40-42(41-51-53(47,48)50-39-36-44)52-43(46)35-32-29-26-23-20-17-14-12-11-13-15-18-21-24-27-30-33-37-45/h11,13-14,17-18,21,23,26,34,38,42,45H,2-10,12,15-16,19-20,22,24-25,27-33,35-37,39-41,44H2,1H3,(H,47,48)/b13-11-,17-14-,21-18-,26-23-,38-34+/t42-/m1/s1. The molecule has 0 aliphatic heterocycles. The number of esters is 1. The number of rotatable bonds is 40. The van der Waals surface area contributed by atoms with Gasteiger partial charge >= 0.3 is 13.8 Å². The molecule has 0 aromatic heterocycles. The number of unbranched alkanes of at least 4 members (excludes halogenated alkanes) is 18. The summed E-state index contributed by atoms with van der Waals surface area (Å²) >= 11 is 0. The second-order valence-electron chi connectivity index (χ2n) is 13.6. The fourth-order valence-corrected chi connectivity index (χ4v) is 6.23. The molecule has 10 heteroatoms. The van der Waals surface area contributed by atoms with Crippen molar-refractivity contribution in [1.82, 2.24) is 0 Å². The highest BCUT2D eigenvalue weighted by atomic mass is 31.2. The van der Waals surface area contributed by atoms with Gasteiger partial charge in [-0.1, -0.05) is 145 Å². The lowest BCUT2D eigenvalue weighted by atomic mass is 10.0. The Labute approximate surface area is 324 Å². The van der Waals surface area contributed by atoms with E-state index < -0.39 is 19.9 Å². The van der Waals surface area contributed by atoms with Gasteiger partial charge in [0.05, 0.1) is 19.5 Å². The number of carbonyl (C=O) groups is 1. The minimum absolute atomic E-state index is 0.00210. The topological polar surface area (TPSA) is 138 Å². The van der Waals surface area contributed by atoms with Crippen LogP contribution in [0.15, 0.2) is 60.9 Å². The van der Waals surface area contributed by atoms with Gasteiger partial charge in [0.1, 0.15) is 6.61 Å². The molecule has 2 atom stereocenters. The predicted molar refractivity (Wildman–Crippen MR) is 221 cm³/mol. The summed E-state index contributed by atoms with van der Waals surface area (Å²) < 4.78 is 33.1. The molecular weight excluding hydrogens is 689 g/mol. The van der Waals surface area contributed by atoms with Crippen LogP contribution in [-0.2, 0) is 27.9 Å². The van der Waals surface area contributed by atoms with Crippen molar-refractivity contribution in [3.8, 4) is 0 Å². The number of phosphoric acid groups is 1. The number of carbonyl (C=O) groups excluding carboxylic acids is 1. The molecule has 4 N–H and O–H groups in total. The number of hydrogen-bond acceptors (Lipinski definition) is 8. The Morgan fingerprint density at radius 2 is 1.09 bits per heavy atom. The molecule has 0 heterocycles. The van der Waals surface area contributed by atoms with Crippen LogP contribution in [0.4, 0.5) is 0 Å². The number of aliphatic hydroxyl groups is 1. The monoisotopic (exact) mass is 768 g/mol. The second-order valence-corrected chi connectivity index (χ2v) is 15.1. The van der Waals surface area contributed by atoms with E-state index in [0.29, 0.717) is 6.42 Å². The summed E-state index contributed by atoms with van der Waals surface area (Å²) in [6, 6.07) is 0. The molecule has 0 radical (unpaired) electrons. The van der Waals surface area contributed by atoms with Crippen molar-refractivity contribution in [2.24, 2.45) is 5.73 Å². The van der Waals surface area contributed by atoms with Gasteiger partial charge in [-0.15, -0.1) is 0 Å². The molecule has 9 nitrogen and oxygen atoms in total. The molecule has 0 aliphatic rings. The molecule has 0 aromatic carbocycles. The third kappa shape index (κ3) is 41.0. The zero-order valence-corrected chi connectivity index (χ0v) is 34.3. The number of aliphatic hydroxyl groups excluding tert-OH is 1. The second kappa shape index (κ2) is 41.2. The largest absolute Gasteiger partial charge is 0.498 e. The quantitative estimate of drug-likeness (QED) is 0.0183. The zero-order valence-electron chi connectivity index (χ0n) is 33.4. The first-order chi connectivity index (χ1) is 25.9. The Hall–Kier alpha value is -2.00. The first-order valence-corrected chi connectivity index (χ1v) is 22.4. The van der Waals surface area contributed by atoms with Crippen molar-refractivity contribution in [1.29, 1.82) is 0 Å². The molecule has 0 bridgehead atoms. The van der Waals surface area contributed by atoms with Crippen LogP contribution in [0.1, 0.15) is 167 Å². The summed E-state index contributed by atoms with van der Waals surface area (Å²) in [7, 11) is -4.31. The number of ether oxygens (including phenoxy) is 2. The van der Waals surface area contributed by atoms with E-state index in [1.54, 1.807) is 6.26 Å². The molecular formula is C43H78NO8P. The average Bonchev–Trinajstić information content (AvgIpc) is 3.15. The van der Waals surface area contributed by atoms with Crippen LogP contribution in [0.2, 0.25) is 0 Å². The van der Waals surface area contributed by atoms with E-state index in [2.05, 4.69) is 55.5 Å². The minimum Gasteiger partial charge on any atom is -0.498 e. The van der Waals surface area contributed by atoms with E-state index in [1.165, 1.54) is 83.5 Å². The summed E-state index contributed by atoms with van der Waals surface area (Å²) in [5, 5.41) is 8.79. The molecule has 0 amide bonds. The summed E-state index contributed by atoms with van der Waals surface area (Å²) in [6.45, 7) is 2.17. The Morgan fingerprint density at radius 1 is 0.623 bits per heavy atom. The summed E-state index contributed by atoms with van der Waals surface area (Å²) in [5.74, 6) is -0.416. The lowest BCUT2D eigenvalue weighted by Gasteiger charge is -2.19. The first kappa shape index (κ1) is 51.0. The van der Waals surface area contributed by atoms with Gasteiger partial charge in [0.25, 0.3) is 0 Å². The highest BCUT2D eigenvalue weighted by molar-refractivity contribution is 7.47. The zero-order chi connectivity index (χ0) is 38.8. The molecule has 0 spiro atoms. The van der Waals surface area contributed by atoms with E-state index in [0.717, 1.165) is 64.2 Å². The van der Waals surface area contributed by atoms with E-state index in [9.17, 15) is 14.3 Å². The number of hydrogen-bond donors (Lipinski definition) is 3. The normalized spacial score (nSPS) is 14.0. The minimum atomic E-state index is -4.31. The van der Waals surface area contributed by atoms with Crippen LogP contribution in [0.25, 0.3) is 0 Å². The third-order valence-electron chi connectivity index (χ3n) is 8.56. The molecule has 0 fully saturated rings. The number of phosphoric ester groups is 1. The molecule has 1 unspecified atom stereocenters. The maximum Gasteiger partial charge on any atom is 0.472 e. The van der Waals surface area contributed by atoms with Gasteiger partial charge < -0.3 is 25.2 Å². The molecule has 0 rings (SSSR count). The molecule has 0 saturated heterocycles. The summed E-state index contributed by atoms with van der Waals surface area (Å²) in [6.07, 6.45) is 47.8. The lowest BCUT2D eigenvalue weighted by Crippen LogP contribution is -2.27. The van der Waals surface area contributed by atoms with Gasteiger partial charge in [-0.25, -0.2) is 4.57 Å². The fraction of sp³-hybridized carbons (Fsp3) is 0.744. The maximum atomic E-state index is 12.5. The smallest absolute Gasteiger partial charge is 0.472 e. The molecule has 0 aromatic rings. The van der Waals surface area contributed by atoms with Gasteiger partial charge in [0.2, 0.25) is 0 Å². The van der Waals surface area contributed by atoms with Crippen molar-refractivity contribution in [3.05, 3.63) is 60.9 Å². The van der Waals surface area contributed by atoms with Gasteiger partial charge in [0.15, 0.2) is 6.10 Å². The molecule has 53 heavy (non-hydrogen) atoms. The Bertz CT molecular complexity index is 997. The first-order valence-electron chi connectivity index (χ1n) is 20.9. The van der Waals surface area contributed by atoms with E-state index in [4.69, 9.17) is 29.4 Å². The van der Waals surface area contributed by atoms with Crippen LogP contribution >= 0.6 is 7.82 Å². The van der Waals surface area contributed by atoms with Crippen molar-refractivity contribution < 1.29 is 37.9 Å². The van der Waals surface area contributed by atoms with E-state index in [1.807, 2.05) is 6.08 Å². The van der Waals surface area contributed by atoms with Crippen LogP contribution in [0, 0.1) is 0 Å². The van der Waals surface area contributed by atoms with Gasteiger partial charge in [-0.05, 0) is 70.3 Å². The maximum absolute atomic E-state index is 12.5. The number of allylic oxidation sites excluding steroid dienone is 9. The molecule has 0 aliphatic carbocycles. The van der Waals surface area contributed by atoms with Crippen molar-refractivity contribution in [3.63, 3.8) is 0 Å². The van der Waals surface area contributed by atoms with Crippen LogP contribution < -0.4 is 5.73 Å². The van der Waals surface area contributed by atoms with Crippen LogP contribution in [-0.4, -0.2) is 55.0 Å². The van der Waals surface area contributed by atoms with Crippen molar-refractivity contribution in [2.75, 3.05) is 33.0 Å². The van der Waals surface area contributed by atoms with Gasteiger partial charge in [-0.2, -0.15) is 0 Å². The number of nitrogens with two attached hydrogens (primary N) is 1. The Kier molecular flexibility index (Phi) is 39.6. The summed E-state index contributed by atoms with van der Waals surface area (Å²) in [4.78, 5) is 22.4. The SMILES string of the molecule is CCCCCCCCCCCCCCCC/C=C/OC[C@H](COP(=O)(O)OCCN)OC(=O)CCC/C=C\C/C=C\C/C=C\C/C=C\CCCCCO.